The van der Waals surface area contributed by atoms with Gasteiger partial charge in [0.05, 0.1) is 13.2 Å². The predicted molar refractivity (Wildman–Crippen MR) is 109 cm³/mol. The molecule has 0 amide bonds. The molecule has 0 N–H and O–H groups in total. The topological polar surface area (TPSA) is 18.5 Å². The van der Waals surface area contributed by atoms with Crippen LogP contribution in [0.5, 0.6) is 0 Å². The first-order valence-electron chi connectivity index (χ1n) is 9.17. The van der Waals surface area contributed by atoms with Gasteiger partial charge in [-0.05, 0) is 36.1 Å². The minimum Gasteiger partial charge on any atom is -0.382 e. The molecular weight excluding hydrogens is 320 g/mol. The van der Waals surface area contributed by atoms with Crippen molar-refractivity contribution in [1.82, 2.24) is 0 Å². The van der Waals surface area contributed by atoms with Crippen LogP contribution in [-0.2, 0) is 22.7 Å². The summed E-state index contributed by atoms with van der Waals surface area (Å²) >= 11 is 0. The third-order valence-electron chi connectivity index (χ3n) is 3.88. The fraction of sp³-hybridized carbons (Fsp3) is 0.250. The van der Waals surface area contributed by atoms with Gasteiger partial charge in [0.1, 0.15) is 0 Å². The maximum Gasteiger partial charge on any atom is 0.0727 e. The summed E-state index contributed by atoms with van der Waals surface area (Å²) in [5, 5.41) is 0. The Morgan fingerprint density at radius 3 is 1.77 bits per heavy atom. The molecular formula is C24H28O2. The van der Waals surface area contributed by atoms with E-state index in [9.17, 15) is 0 Å². The molecule has 0 fully saturated rings. The first-order valence-corrected chi connectivity index (χ1v) is 9.17. The van der Waals surface area contributed by atoms with Crippen molar-refractivity contribution in [2.75, 3.05) is 13.2 Å². The van der Waals surface area contributed by atoms with E-state index in [0.29, 0.717) is 13.2 Å². The summed E-state index contributed by atoms with van der Waals surface area (Å²) in [6.07, 6.45) is 0. The van der Waals surface area contributed by atoms with E-state index in [1.807, 2.05) is 38.1 Å². The van der Waals surface area contributed by atoms with Crippen molar-refractivity contribution >= 4 is 0 Å². The third kappa shape index (κ3) is 6.83. The van der Waals surface area contributed by atoms with Crippen LogP contribution in [0.4, 0.5) is 0 Å². The molecule has 26 heavy (non-hydrogen) atoms. The Kier molecular flexibility index (Phi) is 9.20. The second kappa shape index (κ2) is 12.0. The highest BCUT2D eigenvalue weighted by molar-refractivity contribution is 5.67. The number of hydrogen-bond donors (Lipinski definition) is 0. The SMILES string of the molecule is CCOCC.c1ccc(COCc2ccccc2-c2ccccc2)cc1. The first-order chi connectivity index (χ1) is 12.8. The molecule has 2 heteroatoms. The van der Waals surface area contributed by atoms with Crippen molar-refractivity contribution in [3.63, 3.8) is 0 Å². The summed E-state index contributed by atoms with van der Waals surface area (Å²) in [7, 11) is 0. The van der Waals surface area contributed by atoms with Gasteiger partial charge in [0.2, 0.25) is 0 Å². The highest BCUT2D eigenvalue weighted by Crippen LogP contribution is 2.24. The van der Waals surface area contributed by atoms with Crippen molar-refractivity contribution < 1.29 is 9.47 Å². The quantitative estimate of drug-likeness (QED) is 0.512. The molecule has 0 aliphatic carbocycles. The lowest BCUT2D eigenvalue weighted by molar-refractivity contribution is 0.107. The Morgan fingerprint density at radius 2 is 1.15 bits per heavy atom. The fourth-order valence-corrected chi connectivity index (χ4v) is 2.60. The summed E-state index contributed by atoms with van der Waals surface area (Å²) in [6, 6.07) is 29.1. The van der Waals surface area contributed by atoms with Gasteiger partial charge >= 0.3 is 0 Å². The van der Waals surface area contributed by atoms with Crippen LogP contribution in [0.3, 0.4) is 0 Å². The van der Waals surface area contributed by atoms with Crippen LogP contribution in [0.2, 0.25) is 0 Å². The fourth-order valence-electron chi connectivity index (χ4n) is 2.60. The van der Waals surface area contributed by atoms with Crippen molar-refractivity contribution in [2.45, 2.75) is 27.1 Å². The zero-order valence-electron chi connectivity index (χ0n) is 15.7. The van der Waals surface area contributed by atoms with Crippen molar-refractivity contribution in [1.29, 1.82) is 0 Å². The number of hydrogen-bond acceptors (Lipinski definition) is 2. The highest BCUT2D eigenvalue weighted by atomic mass is 16.5. The van der Waals surface area contributed by atoms with Crippen molar-refractivity contribution in [2.24, 2.45) is 0 Å². The van der Waals surface area contributed by atoms with Crippen molar-refractivity contribution in [3.8, 4) is 11.1 Å². The molecule has 0 aromatic heterocycles. The molecule has 0 aliphatic heterocycles. The number of ether oxygens (including phenoxy) is 2. The minimum atomic E-state index is 0.625. The Labute approximate surface area is 157 Å². The lowest BCUT2D eigenvalue weighted by Gasteiger charge is -2.10. The molecule has 136 valence electrons. The normalized spacial score (nSPS) is 10.1. The average Bonchev–Trinajstić information content (AvgIpc) is 2.71. The molecule has 3 aromatic carbocycles. The van der Waals surface area contributed by atoms with Gasteiger partial charge in [-0.15, -0.1) is 0 Å². The molecule has 3 aromatic rings. The van der Waals surface area contributed by atoms with Crippen LogP contribution < -0.4 is 0 Å². The summed E-state index contributed by atoms with van der Waals surface area (Å²) < 4.78 is 10.7. The molecule has 3 rings (SSSR count). The van der Waals surface area contributed by atoms with Crippen LogP contribution in [0.15, 0.2) is 84.9 Å². The van der Waals surface area contributed by atoms with Crippen LogP contribution in [0.1, 0.15) is 25.0 Å². The van der Waals surface area contributed by atoms with Gasteiger partial charge in [0.15, 0.2) is 0 Å². The van der Waals surface area contributed by atoms with Gasteiger partial charge in [-0.25, -0.2) is 0 Å². The average molecular weight is 348 g/mol. The van der Waals surface area contributed by atoms with Gasteiger partial charge in [-0.3, -0.25) is 0 Å². The van der Waals surface area contributed by atoms with Crippen molar-refractivity contribution in [3.05, 3.63) is 96.1 Å². The summed E-state index contributed by atoms with van der Waals surface area (Å²) in [5.74, 6) is 0. The zero-order chi connectivity index (χ0) is 18.5. The van der Waals surface area contributed by atoms with Gasteiger partial charge in [-0.2, -0.15) is 0 Å². The zero-order valence-corrected chi connectivity index (χ0v) is 15.7. The van der Waals surface area contributed by atoms with Gasteiger partial charge in [-0.1, -0.05) is 84.9 Å². The Hall–Kier alpha value is -2.42. The molecule has 0 unspecified atom stereocenters. The predicted octanol–water partition coefficient (Wildman–Crippen LogP) is 6.11. The molecule has 0 atom stereocenters. The molecule has 0 bridgehead atoms. The van der Waals surface area contributed by atoms with Crippen LogP contribution >= 0.6 is 0 Å². The van der Waals surface area contributed by atoms with E-state index < -0.39 is 0 Å². The molecule has 0 radical (unpaired) electrons. The molecule has 2 nitrogen and oxygen atoms in total. The largest absolute Gasteiger partial charge is 0.382 e. The molecule has 0 spiro atoms. The van der Waals surface area contributed by atoms with Gasteiger partial charge in [0, 0.05) is 13.2 Å². The van der Waals surface area contributed by atoms with E-state index in [1.54, 1.807) is 0 Å². The number of benzene rings is 3. The summed E-state index contributed by atoms with van der Waals surface area (Å²) in [4.78, 5) is 0. The second-order valence-corrected chi connectivity index (χ2v) is 5.78. The Bertz CT molecular complexity index is 721. The maximum absolute atomic E-state index is 5.87. The third-order valence-corrected chi connectivity index (χ3v) is 3.88. The van der Waals surface area contributed by atoms with E-state index in [2.05, 4.69) is 60.7 Å². The van der Waals surface area contributed by atoms with E-state index in [4.69, 9.17) is 9.47 Å². The summed E-state index contributed by atoms with van der Waals surface area (Å²) in [5.41, 5.74) is 4.90. The Morgan fingerprint density at radius 1 is 0.577 bits per heavy atom. The summed E-state index contributed by atoms with van der Waals surface area (Å²) in [6.45, 7) is 6.93. The smallest absolute Gasteiger partial charge is 0.0727 e. The maximum atomic E-state index is 5.87. The minimum absolute atomic E-state index is 0.625. The first kappa shape index (κ1) is 19.9. The van der Waals surface area contributed by atoms with Crippen LogP contribution in [0, 0.1) is 0 Å². The van der Waals surface area contributed by atoms with Crippen LogP contribution in [-0.4, -0.2) is 13.2 Å². The van der Waals surface area contributed by atoms with E-state index in [-0.39, 0.29) is 0 Å². The van der Waals surface area contributed by atoms with Gasteiger partial charge in [0.25, 0.3) is 0 Å². The van der Waals surface area contributed by atoms with E-state index in [1.165, 1.54) is 22.3 Å². The van der Waals surface area contributed by atoms with Crippen LogP contribution in [0.25, 0.3) is 11.1 Å². The standard InChI is InChI=1S/C20H18O.C4H10O/c1-3-9-17(10-4-1)15-21-16-19-13-7-8-14-20(19)18-11-5-2-6-12-18;1-3-5-4-2/h1-14H,15-16H2;3-4H2,1-2H3. The monoisotopic (exact) mass is 348 g/mol. The molecule has 0 saturated heterocycles. The molecule has 0 aliphatic rings. The van der Waals surface area contributed by atoms with E-state index in [0.717, 1.165) is 13.2 Å². The molecule has 0 saturated carbocycles. The van der Waals surface area contributed by atoms with Gasteiger partial charge < -0.3 is 9.47 Å². The number of rotatable bonds is 7. The highest BCUT2D eigenvalue weighted by Gasteiger charge is 2.04. The second-order valence-electron chi connectivity index (χ2n) is 5.78. The lowest BCUT2D eigenvalue weighted by atomic mass is 10.0. The van der Waals surface area contributed by atoms with E-state index >= 15 is 0 Å². The molecule has 0 heterocycles. The Balaban J connectivity index is 0.000000431. The lowest BCUT2D eigenvalue weighted by Crippen LogP contribution is -1.96.